The summed E-state index contributed by atoms with van der Waals surface area (Å²) in [6.45, 7) is 0.885. The van der Waals surface area contributed by atoms with Crippen molar-refractivity contribution in [2.24, 2.45) is 0 Å². The molecule has 2 nitrogen and oxygen atoms in total. The van der Waals surface area contributed by atoms with Gasteiger partial charge in [0.1, 0.15) is 0 Å². The topological polar surface area (TPSA) is 17.8 Å². The molecule has 0 radical (unpaired) electrons. The highest BCUT2D eigenvalue weighted by molar-refractivity contribution is 8.00. The van der Waals surface area contributed by atoms with Crippen LogP contribution in [0.1, 0.15) is 12.0 Å². The molecule has 6 heteroatoms. The average molecular weight is 383 g/mol. The van der Waals surface area contributed by atoms with E-state index in [9.17, 15) is 0 Å². The second kappa shape index (κ2) is 8.25. The Kier molecular flexibility index (Phi) is 6.06. The van der Waals surface area contributed by atoms with Gasteiger partial charge in [0.05, 0.1) is 16.4 Å². The Balaban J connectivity index is 1.73. The lowest BCUT2D eigenvalue weighted by molar-refractivity contribution is 0.624. The lowest BCUT2D eigenvalue weighted by Gasteiger charge is -2.18. The molecular formula is C17H16Cl2N2S2. The van der Waals surface area contributed by atoms with E-state index in [1.165, 1.54) is 5.56 Å². The van der Waals surface area contributed by atoms with Crippen LogP contribution < -0.4 is 0 Å². The Morgan fingerprint density at radius 3 is 2.70 bits per heavy atom. The fourth-order valence-corrected chi connectivity index (χ4v) is 4.89. The molecule has 0 aliphatic heterocycles. The summed E-state index contributed by atoms with van der Waals surface area (Å²) in [6, 6.07) is 7.85. The third-order valence-electron chi connectivity index (χ3n) is 3.51. The van der Waals surface area contributed by atoms with E-state index in [0.717, 1.165) is 24.3 Å². The minimum absolute atomic E-state index is 0.376. The number of hydrogen-bond acceptors (Lipinski definition) is 3. The molecule has 2 heterocycles. The molecule has 0 amide bonds. The van der Waals surface area contributed by atoms with E-state index in [4.69, 9.17) is 23.2 Å². The number of aryl methyl sites for hydroxylation is 1. The van der Waals surface area contributed by atoms with Crippen molar-refractivity contribution in [3.8, 4) is 0 Å². The minimum atomic E-state index is 0.376. The third-order valence-corrected chi connectivity index (χ3v) is 6.49. The van der Waals surface area contributed by atoms with Gasteiger partial charge in [-0.2, -0.15) is 11.3 Å². The van der Waals surface area contributed by atoms with E-state index in [1.54, 1.807) is 23.1 Å². The van der Waals surface area contributed by atoms with Crippen LogP contribution in [0.15, 0.2) is 58.6 Å². The van der Waals surface area contributed by atoms with Gasteiger partial charge >= 0.3 is 0 Å². The van der Waals surface area contributed by atoms with Gasteiger partial charge in [0.15, 0.2) is 0 Å². The first-order chi connectivity index (χ1) is 11.2. The van der Waals surface area contributed by atoms with Gasteiger partial charge in [-0.3, -0.25) is 0 Å². The highest BCUT2D eigenvalue weighted by Gasteiger charge is 2.16. The zero-order valence-electron chi connectivity index (χ0n) is 12.4. The smallest absolute Gasteiger partial charge is 0.0946 e. The first-order valence-electron chi connectivity index (χ1n) is 7.30. The van der Waals surface area contributed by atoms with Crippen LogP contribution in [0, 0.1) is 0 Å². The minimum Gasteiger partial charge on any atom is -0.336 e. The molecular weight excluding hydrogens is 367 g/mol. The number of benzene rings is 1. The third kappa shape index (κ3) is 4.77. The molecule has 0 N–H and O–H groups in total. The number of thiophene rings is 1. The van der Waals surface area contributed by atoms with Crippen molar-refractivity contribution < 1.29 is 0 Å². The lowest BCUT2D eigenvalue weighted by atomic mass is 10.1. The van der Waals surface area contributed by atoms with Crippen LogP contribution in [-0.2, 0) is 13.0 Å². The molecule has 1 unspecified atom stereocenters. The molecule has 0 spiro atoms. The van der Waals surface area contributed by atoms with Gasteiger partial charge in [-0.1, -0.05) is 29.3 Å². The van der Waals surface area contributed by atoms with E-state index in [0.29, 0.717) is 15.3 Å². The summed E-state index contributed by atoms with van der Waals surface area (Å²) >= 11 is 16.2. The lowest BCUT2D eigenvalue weighted by Crippen LogP contribution is -2.13. The Labute approximate surface area is 154 Å². The first-order valence-corrected chi connectivity index (χ1v) is 9.87. The van der Waals surface area contributed by atoms with Crippen LogP contribution >= 0.6 is 46.3 Å². The number of aromatic nitrogens is 2. The van der Waals surface area contributed by atoms with E-state index >= 15 is 0 Å². The molecule has 0 saturated heterocycles. The summed E-state index contributed by atoms with van der Waals surface area (Å²) < 4.78 is 2.11. The molecule has 3 rings (SSSR count). The summed E-state index contributed by atoms with van der Waals surface area (Å²) in [5.41, 5.74) is 1.39. The normalized spacial score (nSPS) is 12.4. The number of halogens is 2. The fraction of sp³-hybridized carbons (Fsp3) is 0.235. The molecule has 1 aromatic carbocycles. The molecule has 0 fully saturated rings. The second-order valence-electron chi connectivity index (χ2n) is 5.22. The molecule has 0 aliphatic carbocycles. The predicted octanol–water partition coefficient (Wildman–Crippen LogP) is 6.05. The van der Waals surface area contributed by atoms with Crippen molar-refractivity contribution in [2.75, 3.05) is 0 Å². The van der Waals surface area contributed by atoms with Gasteiger partial charge < -0.3 is 4.57 Å². The molecule has 0 saturated carbocycles. The maximum absolute atomic E-state index is 6.33. The SMILES string of the molecule is Clc1cccc(Cl)c1SC(CCc1ccsc1)Cn1ccnc1. The van der Waals surface area contributed by atoms with E-state index in [2.05, 4.69) is 26.4 Å². The summed E-state index contributed by atoms with van der Waals surface area (Å²) in [5.74, 6) is 0. The molecule has 2 aromatic heterocycles. The van der Waals surface area contributed by atoms with Gasteiger partial charge in [0.2, 0.25) is 0 Å². The van der Waals surface area contributed by atoms with Crippen molar-refractivity contribution in [1.29, 1.82) is 0 Å². The van der Waals surface area contributed by atoms with Crippen molar-refractivity contribution in [2.45, 2.75) is 29.5 Å². The van der Waals surface area contributed by atoms with Gasteiger partial charge in [0.25, 0.3) is 0 Å². The standard InChI is InChI=1S/C17H16Cl2N2S2/c18-15-2-1-3-16(19)17(15)23-14(10-21-8-7-20-12-21)5-4-13-6-9-22-11-13/h1-3,6-9,11-12,14H,4-5,10H2. The van der Waals surface area contributed by atoms with Crippen LogP contribution in [-0.4, -0.2) is 14.8 Å². The Hall–Kier alpha value is -0.940. The second-order valence-corrected chi connectivity index (χ2v) is 8.13. The Bertz CT molecular complexity index is 707. The summed E-state index contributed by atoms with van der Waals surface area (Å²) in [4.78, 5) is 5.09. The maximum atomic E-state index is 6.33. The first kappa shape index (κ1) is 16.9. The van der Waals surface area contributed by atoms with E-state index in [1.807, 2.05) is 36.9 Å². The molecule has 0 bridgehead atoms. The maximum Gasteiger partial charge on any atom is 0.0946 e. The summed E-state index contributed by atoms with van der Waals surface area (Å²) in [6.07, 6.45) is 7.76. The molecule has 23 heavy (non-hydrogen) atoms. The predicted molar refractivity (Wildman–Crippen MR) is 101 cm³/mol. The zero-order valence-corrected chi connectivity index (χ0v) is 15.5. The van der Waals surface area contributed by atoms with Gasteiger partial charge in [-0.05, 0) is 47.4 Å². The van der Waals surface area contributed by atoms with Crippen molar-refractivity contribution in [3.05, 3.63) is 69.4 Å². The number of rotatable bonds is 7. The molecule has 1 atom stereocenters. The average Bonchev–Trinajstić information content (AvgIpc) is 3.22. The number of thioether (sulfide) groups is 1. The summed E-state index contributed by atoms with van der Waals surface area (Å²) in [7, 11) is 0. The quantitative estimate of drug-likeness (QED) is 0.463. The molecule has 0 aliphatic rings. The van der Waals surface area contributed by atoms with Gasteiger partial charge in [-0.15, -0.1) is 11.8 Å². The van der Waals surface area contributed by atoms with E-state index in [-0.39, 0.29) is 0 Å². The van der Waals surface area contributed by atoms with Crippen LogP contribution in [0.4, 0.5) is 0 Å². The zero-order chi connectivity index (χ0) is 16.1. The Morgan fingerprint density at radius 2 is 2.04 bits per heavy atom. The summed E-state index contributed by atoms with van der Waals surface area (Å²) in [5, 5.41) is 6.14. The van der Waals surface area contributed by atoms with Crippen LogP contribution in [0.3, 0.4) is 0 Å². The number of hydrogen-bond donors (Lipinski definition) is 0. The highest BCUT2D eigenvalue weighted by atomic mass is 35.5. The monoisotopic (exact) mass is 382 g/mol. The van der Waals surface area contributed by atoms with Crippen LogP contribution in [0.5, 0.6) is 0 Å². The highest BCUT2D eigenvalue weighted by Crippen LogP contribution is 2.38. The van der Waals surface area contributed by atoms with Crippen molar-refractivity contribution in [1.82, 2.24) is 9.55 Å². The number of imidazole rings is 1. The Morgan fingerprint density at radius 1 is 1.22 bits per heavy atom. The van der Waals surface area contributed by atoms with E-state index < -0.39 is 0 Å². The largest absolute Gasteiger partial charge is 0.336 e. The van der Waals surface area contributed by atoms with Gasteiger partial charge in [0, 0.05) is 29.1 Å². The van der Waals surface area contributed by atoms with Crippen molar-refractivity contribution in [3.63, 3.8) is 0 Å². The molecule has 120 valence electrons. The molecule has 3 aromatic rings. The van der Waals surface area contributed by atoms with Crippen LogP contribution in [0.2, 0.25) is 10.0 Å². The van der Waals surface area contributed by atoms with Crippen molar-refractivity contribution >= 4 is 46.3 Å². The fourth-order valence-electron chi connectivity index (χ4n) is 2.34. The van der Waals surface area contributed by atoms with Crippen LogP contribution in [0.25, 0.3) is 0 Å². The number of nitrogens with zero attached hydrogens (tertiary/aromatic N) is 2. The van der Waals surface area contributed by atoms with Gasteiger partial charge in [-0.25, -0.2) is 4.98 Å².